The second-order valence-electron chi connectivity index (χ2n) is 9.63. The maximum Gasteiger partial charge on any atom is 0.326 e. The van der Waals surface area contributed by atoms with Gasteiger partial charge in [0.25, 0.3) is 0 Å². The zero-order valence-electron chi connectivity index (χ0n) is 20.6. The molecule has 196 valence electrons. The summed E-state index contributed by atoms with van der Waals surface area (Å²) >= 11 is 4.05. The Hall–Kier alpha value is -3.05. The number of hydrogen-bond acceptors (Lipinski definition) is 6. The van der Waals surface area contributed by atoms with Crippen LogP contribution >= 0.6 is 12.6 Å². The first-order valence-electron chi connectivity index (χ1n) is 12.2. The molecule has 1 aliphatic rings. The van der Waals surface area contributed by atoms with E-state index in [9.17, 15) is 24.3 Å². The average molecular weight is 518 g/mol. The molecule has 0 radical (unpaired) electrons. The number of nitrogens with zero attached hydrogens (tertiary/aromatic N) is 1. The maximum absolute atomic E-state index is 13.6. The Morgan fingerprint density at radius 2 is 1.86 bits per heavy atom. The number of nitrogens with two attached hydrogens (primary N) is 1. The molecule has 3 rings (SSSR count). The summed E-state index contributed by atoms with van der Waals surface area (Å²) in [7, 11) is 0. The van der Waals surface area contributed by atoms with Crippen LogP contribution in [0.5, 0.6) is 0 Å². The van der Waals surface area contributed by atoms with Gasteiger partial charge in [0.2, 0.25) is 17.7 Å². The third kappa shape index (κ3) is 6.58. The molecule has 6 N–H and O–H groups in total. The normalized spacial score (nSPS) is 18.1. The Balaban J connectivity index is 1.88. The summed E-state index contributed by atoms with van der Waals surface area (Å²) in [5, 5.41) is 16.0. The van der Waals surface area contributed by atoms with Crippen molar-refractivity contribution in [2.24, 2.45) is 11.7 Å². The minimum atomic E-state index is -1.07. The highest BCUT2D eigenvalue weighted by molar-refractivity contribution is 7.80. The van der Waals surface area contributed by atoms with Gasteiger partial charge in [-0.2, -0.15) is 12.6 Å². The Morgan fingerprint density at radius 1 is 1.17 bits per heavy atom. The van der Waals surface area contributed by atoms with E-state index >= 15 is 0 Å². The van der Waals surface area contributed by atoms with Gasteiger partial charge in [-0.15, -0.1) is 0 Å². The van der Waals surface area contributed by atoms with Crippen LogP contribution in [0.15, 0.2) is 30.5 Å². The molecule has 11 heteroatoms. The Kier molecular flexibility index (Phi) is 9.38. The van der Waals surface area contributed by atoms with Crippen LogP contribution in [0.3, 0.4) is 0 Å². The molecule has 1 aromatic carbocycles. The number of carbonyl (C=O) groups is 4. The third-order valence-corrected chi connectivity index (χ3v) is 6.80. The van der Waals surface area contributed by atoms with Crippen molar-refractivity contribution in [1.29, 1.82) is 0 Å². The SMILES string of the molecule is CC(C)CC(NC(=O)C(N)CS)C(=O)NC(Cc1c[nH]c2ccccc12)C(=O)N1CCCC1C(=O)O. The maximum atomic E-state index is 13.6. The molecule has 1 aromatic heterocycles. The molecule has 10 nitrogen and oxygen atoms in total. The third-order valence-electron chi connectivity index (χ3n) is 6.41. The van der Waals surface area contributed by atoms with Crippen LogP contribution in [0.25, 0.3) is 10.9 Å². The fraction of sp³-hybridized carbons (Fsp3) is 0.520. The molecule has 3 amide bonds. The number of carboxylic acids is 1. The standard InChI is InChI=1S/C25H35N5O5S/c1-14(2)10-19(28-22(31)17(26)13-36)23(32)29-20(24(33)30-9-5-8-21(30)25(34)35)11-15-12-27-18-7-4-3-6-16(15)18/h3-4,6-7,12,14,17,19-21,27,36H,5,8-11,13,26H2,1-2H3,(H,28,31)(H,29,32)(H,34,35). The monoisotopic (exact) mass is 517 g/mol. The number of H-pyrrole nitrogens is 1. The van der Waals surface area contributed by atoms with E-state index in [1.165, 1.54) is 4.90 Å². The number of benzene rings is 1. The molecule has 0 aliphatic carbocycles. The summed E-state index contributed by atoms with van der Waals surface area (Å²) in [5.74, 6) is -2.35. The van der Waals surface area contributed by atoms with E-state index in [0.29, 0.717) is 25.8 Å². The number of likely N-dealkylation sites (tertiary alicyclic amines) is 1. The van der Waals surface area contributed by atoms with Crippen LogP contribution < -0.4 is 16.4 Å². The van der Waals surface area contributed by atoms with Crippen LogP contribution in [0, 0.1) is 5.92 Å². The highest BCUT2D eigenvalue weighted by atomic mass is 32.1. The van der Waals surface area contributed by atoms with E-state index in [1.807, 2.05) is 38.1 Å². The molecule has 1 saturated heterocycles. The zero-order chi connectivity index (χ0) is 26.4. The molecule has 0 spiro atoms. The Bertz CT molecular complexity index is 1100. The highest BCUT2D eigenvalue weighted by Crippen LogP contribution is 2.23. The van der Waals surface area contributed by atoms with Gasteiger partial charge in [-0.3, -0.25) is 14.4 Å². The number of nitrogens with one attached hydrogen (secondary N) is 3. The van der Waals surface area contributed by atoms with Crippen molar-refractivity contribution in [3.05, 3.63) is 36.0 Å². The lowest BCUT2D eigenvalue weighted by Gasteiger charge is -2.29. The van der Waals surface area contributed by atoms with Crippen molar-refractivity contribution in [3.63, 3.8) is 0 Å². The summed E-state index contributed by atoms with van der Waals surface area (Å²) in [6.45, 7) is 4.14. The van der Waals surface area contributed by atoms with Gasteiger partial charge < -0.3 is 31.4 Å². The van der Waals surface area contributed by atoms with Gasteiger partial charge in [0, 0.05) is 35.8 Å². The topological polar surface area (TPSA) is 158 Å². The van der Waals surface area contributed by atoms with Gasteiger partial charge in [-0.05, 0) is 36.8 Å². The van der Waals surface area contributed by atoms with Gasteiger partial charge in [0.05, 0.1) is 6.04 Å². The van der Waals surface area contributed by atoms with E-state index in [-0.39, 0.29) is 18.1 Å². The molecule has 0 saturated carbocycles. The molecule has 2 heterocycles. The quantitative estimate of drug-likeness (QED) is 0.245. The molecular formula is C25H35N5O5S. The molecule has 2 aromatic rings. The van der Waals surface area contributed by atoms with Gasteiger partial charge in [0.15, 0.2) is 0 Å². The lowest BCUT2D eigenvalue weighted by molar-refractivity contribution is -0.149. The number of fused-ring (bicyclic) bond motifs is 1. The minimum Gasteiger partial charge on any atom is -0.480 e. The fourth-order valence-electron chi connectivity index (χ4n) is 4.54. The molecule has 36 heavy (non-hydrogen) atoms. The van der Waals surface area contributed by atoms with E-state index in [4.69, 9.17) is 5.73 Å². The smallest absolute Gasteiger partial charge is 0.326 e. The lowest BCUT2D eigenvalue weighted by atomic mass is 10.00. The fourth-order valence-corrected chi connectivity index (χ4v) is 4.71. The molecule has 4 unspecified atom stereocenters. The van der Waals surface area contributed by atoms with Crippen molar-refractivity contribution in [2.45, 2.75) is 63.7 Å². The van der Waals surface area contributed by atoms with Crippen LogP contribution in [-0.4, -0.2) is 75.1 Å². The van der Waals surface area contributed by atoms with Gasteiger partial charge in [-0.25, -0.2) is 4.79 Å². The van der Waals surface area contributed by atoms with Crippen LogP contribution in [0.2, 0.25) is 0 Å². The first-order valence-corrected chi connectivity index (χ1v) is 12.8. The van der Waals surface area contributed by atoms with Crippen molar-refractivity contribution in [1.82, 2.24) is 20.5 Å². The van der Waals surface area contributed by atoms with E-state index in [0.717, 1.165) is 16.5 Å². The number of aliphatic carboxylic acids is 1. The molecular weight excluding hydrogens is 482 g/mol. The van der Waals surface area contributed by atoms with Gasteiger partial charge in [-0.1, -0.05) is 32.0 Å². The second kappa shape index (κ2) is 12.3. The minimum absolute atomic E-state index is 0.0750. The van der Waals surface area contributed by atoms with Crippen LogP contribution in [-0.2, 0) is 25.6 Å². The van der Waals surface area contributed by atoms with Crippen molar-refractivity contribution in [3.8, 4) is 0 Å². The van der Waals surface area contributed by atoms with Crippen molar-refractivity contribution >= 4 is 47.2 Å². The summed E-state index contributed by atoms with van der Waals surface area (Å²) < 4.78 is 0. The Labute approximate surface area is 215 Å². The largest absolute Gasteiger partial charge is 0.480 e. The summed E-state index contributed by atoms with van der Waals surface area (Å²) in [4.78, 5) is 55.6. The van der Waals surface area contributed by atoms with Gasteiger partial charge >= 0.3 is 5.97 Å². The van der Waals surface area contributed by atoms with E-state index < -0.39 is 47.9 Å². The second-order valence-corrected chi connectivity index (χ2v) is 10.00. The Morgan fingerprint density at radius 3 is 2.53 bits per heavy atom. The van der Waals surface area contributed by atoms with E-state index in [1.54, 1.807) is 6.20 Å². The number of rotatable bonds is 11. The summed E-state index contributed by atoms with van der Waals surface area (Å²) in [6, 6.07) is 3.88. The predicted molar refractivity (Wildman–Crippen MR) is 140 cm³/mol. The first-order chi connectivity index (χ1) is 17.1. The molecule has 4 atom stereocenters. The van der Waals surface area contributed by atoms with Crippen LogP contribution in [0.1, 0.15) is 38.7 Å². The first kappa shape index (κ1) is 27.5. The van der Waals surface area contributed by atoms with Crippen molar-refractivity contribution < 1.29 is 24.3 Å². The molecule has 1 fully saturated rings. The number of carboxylic acid groups (broad SMARTS) is 1. The van der Waals surface area contributed by atoms with Crippen molar-refractivity contribution in [2.75, 3.05) is 12.3 Å². The zero-order valence-corrected chi connectivity index (χ0v) is 21.5. The lowest BCUT2D eigenvalue weighted by Crippen LogP contribution is -2.58. The summed E-state index contributed by atoms with van der Waals surface area (Å²) in [6.07, 6.45) is 3.23. The highest BCUT2D eigenvalue weighted by Gasteiger charge is 2.38. The number of aromatic nitrogens is 1. The van der Waals surface area contributed by atoms with E-state index in [2.05, 4.69) is 28.2 Å². The summed E-state index contributed by atoms with van der Waals surface area (Å²) in [5.41, 5.74) is 7.48. The molecule has 1 aliphatic heterocycles. The number of thiol groups is 1. The van der Waals surface area contributed by atoms with Crippen LogP contribution in [0.4, 0.5) is 0 Å². The number of amides is 3. The number of carbonyl (C=O) groups excluding carboxylic acids is 3. The average Bonchev–Trinajstić information content (AvgIpc) is 3.49. The number of aromatic amines is 1. The molecule has 0 bridgehead atoms. The predicted octanol–water partition coefficient (Wildman–Crippen LogP) is 1.06. The number of para-hydroxylation sites is 1. The number of hydrogen-bond donors (Lipinski definition) is 6. The van der Waals surface area contributed by atoms with Gasteiger partial charge in [0.1, 0.15) is 18.1 Å².